The average molecular weight is 407 g/mol. The first-order valence-corrected chi connectivity index (χ1v) is 10.2. The largest absolute Gasteiger partial charge is 0.495 e. The Labute approximate surface area is 163 Å². The summed E-state index contributed by atoms with van der Waals surface area (Å²) in [6.07, 6.45) is 1.68. The molecule has 142 valence electrons. The van der Waals surface area contributed by atoms with E-state index in [2.05, 4.69) is 5.10 Å². The minimum absolute atomic E-state index is 0.0505. The van der Waals surface area contributed by atoms with Gasteiger partial charge in [0.2, 0.25) is 0 Å². The monoisotopic (exact) mass is 406 g/mol. The topological polar surface area (TPSA) is 70.4 Å². The van der Waals surface area contributed by atoms with Crippen LogP contribution < -0.4 is 4.74 Å². The molecule has 0 aliphatic heterocycles. The van der Waals surface area contributed by atoms with E-state index in [1.807, 2.05) is 12.1 Å². The first-order chi connectivity index (χ1) is 13.0. The Morgan fingerprint density at radius 3 is 2.44 bits per heavy atom. The summed E-state index contributed by atoms with van der Waals surface area (Å²) >= 11 is 6.21. The molecular formula is C19H19ClN2O4S. The second-order valence-electron chi connectivity index (χ2n) is 5.78. The number of benzene rings is 2. The minimum Gasteiger partial charge on any atom is -0.495 e. The van der Waals surface area contributed by atoms with Crippen LogP contribution in [0.2, 0.25) is 5.02 Å². The van der Waals surface area contributed by atoms with Crippen LogP contribution in [0.15, 0.2) is 59.6 Å². The maximum Gasteiger partial charge on any atom is 0.180 e. The average Bonchev–Trinajstić information content (AvgIpc) is 3.16. The maximum absolute atomic E-state index is 12.3. The van der Waals surface area contributed by atoms with E-state index >= 15 is 0 Å². The van der Waals surface area contributed by atoms with Crippen molar-refractivity contribution in [2.45, 2.75) is 4.90 Å². The zero-order valence-electron chi connectivity index (χ0n) is 14.9. The van der Waals surface area contributed by atoms with Crippen LogP contribution in [0.5, 0.6) is 5.75 Å². The van der Waals surface area contributed by atoms with Crippen molar-refractivity contribution in [2.75, 3.05) is 26.6 Å². The van der Waals surface area contributed by atoms with E-state index in [1.54, 1.807) is 54.4 Å². The molecule has 0 unspecified atom stereocenters. The summed E-state index contributed by atoms with van der Waals surface area (Å²) in [5.41, 5.74) is 2.43. The fourth-order valence-corrected chi connectivity index (χ4v) is 4.08. The van der Waals surface area contributed by atoms with E-state index in [-0.39, 0.29) is 17.3 Å². The number of ether oxygens (including phenoxy) is 2. The lowest BCUT2D eigenvalue weighted by Crippen LogP contribution is -2.11. The highest BCUT2D eigenvalue weighted by atomic mass is 35.5. The van der Waals surface area contributed by atoms with E-state index in [1.165, 1.54) is 7.11 Å². The highest BCUT2D eigenvalue weighted by molar-refractivity contribution is 7.91. The van der Waals surface area contributed by atoms with Crippen LogP contribution in [0.3, 0.4) is 0 Å². The van der Waals surface area contributed by atoms with Gasteiger partial charge < -0.3 is 9.47 Å². The van der Waals surface area contributed by atoms with Crippen LogP contribution in [0.25, 0.3) is 16.9 Å². The number of sulfone groups is 1. The fraction of sp³-hybridized carbons (Fsp3) is 0.211. The zero-order chi connectivity index (χ0) is 19.4. The van der Waals surface area contributed by atoms with Gasteiger partial charge in [0.1, 0.15) is 5.75 Å². The lowest BCUT2D eigenvalue weighted by Gasteiger charge is -2.11. The molecular weight excluding hydrogens is 388 g/mol. The molecule has 8 heteroatoms. The molecule has 0 saturated carbocycles. The van der Waals surface area contributed by atoms with Gasteiger partial charge in [-0.2, -0.15) is 5.10 Å². The van der Waals surface area contributed by atoms with Gasteiger partial charge in [-0.25, -0.2) is 13.1 Å². The van der Waals surface area contributed by atoms with Gasteiger partial charge in [0.25, 0.3) is 0 Å². The molecule has 0 fully saturated rings. The van der Waals surface area contributed by atoms with Crippen LogP contribution in [0.4, 0.5) is 0 Å². The Hall–Kier alpha value is -2.35. The lowest BCUT2D eigenvalue weighted by atomic mass is 10.1. The molecule has 0 bridgehead atoms. The summed E-state index contributed by atoms with van der Waals surface area (Å²) < 4.78 is 36.3. The normalized spacial score (nSPS) is 11.5. The Balaban J connectivity index is 1.93. The predicted molar refractivity (Wildman–Crippen MR) is 104 cm³/mol. The van der Waals surface area contributed by atoms with Crippen molar-refractivity contribution in [1.29, 1.82) is 0 Å². The smallest absolute Gasteiger partial charge is 0.180 e. The van der Waals surface area contributed by atoms with E-state index in [4.69, 9.17) is 21.1 Å². The molecule has 0 N–H and O–H groups in total. The minimum atomic E-state index is -3.36. The third-order valence-corrected chi connectivity index (χ3v) is 6.08. The number of hydrogen-bond donors (Lipinski definition) is 0. The van der Waals surface area contributed by atoms with Crippen LogP contribution >= 0.6 is 11.6 Å². The van der Waals surface area contributed by atoms with Crippen molar-refractivity contribution in [3.63, 3.8) is 0 Å². The second-order valence-corrected chi connectivity index (χ2v) is 8.30. The van der Waals surface area contributed by atoms with E-state index in [0.717, 1.165) is 16.9 Å². The molecule has 2 aromatic carbocycles. The Morgan fingerprint density at radius 1 is 1.07 bits per heavy atom. The van der Waals surface area contributed by atoms with Crippen LogP contribution in [0.1, 0.15) is 0 Å². The molecule has 1 aromatic heterocycles. The second kappa shape index (κ2) is 8.12. The van der Waals surface area contributed by atoms with Gasteiger partial charge in [-0.3, -0.25) is 0 Å². The Morgan fingerprint density at radius 2 is 1.81 bits per heavy atom. The van der Waals surface area contributed by atoms with Crippen molar-refractivity contribution in [1.82, 2.24) is 9.78 Å². The van der Waals surface area contributed by atoms with E-state index in [0.29, 0.717) is 10.8 Å². The quantitative estimate of drug-likeness (QED) is 0.599. The molecule has 0 atom stereocenters. The first kappa shape index (κ1) is 19.4. The van der Waals surface area contributed by atoms with E-state index < -0.39 is 9.84 Å². The molecule has 0 amide bonds. The van der Waals surface area contributed by atoms with Crippen molar-refractivity contribution in [2.24, 2.45) is 0 Å². The third-order valence-electron chi connectivity index (χ3n) is 4.09. The van der Waals surface area contributed by atoms with Gasteiger partial charge in [0.05, 0.1) is 47.0 Å². The molecule has 0 aliphatic carbocycles. The fourth-order valence-electron chi connectivity index (χ4n) is 2.66. The first-order valence-electron chi connectivity index (χ1n) is 8.16. The Bertz CT molecular complexity index is 1030. The zero-order valence-corrected chi connectivity index (χ0v) is 16.5. The van der Waals surface area contributed by atoms with Gasteiger partial charge in [0.15, 0.2) is 9.84 Å². The van der Waals surface area contributed by atoms with E-state index in [9.17, 15) is 8.42 Å². The summed E-state index contributed by atoms with van der Waals surface area (Å²) in [6.45, 7) is 0.162. The summed E-state index contributed by atoms with van der Waals surface area (Å²) in [7, 11) is -0.327. The molecule has 0 spiro atoms. The summed E-state index contributed by atoms with van der Waals surface area (Å²) in [6, 6.07) is 14.0. The number of nitrogens with zero attached hydrogens (tertiary/aromatic N) is 2. The highest BCUT2D eigenvalue weighted by Crippen LogP contribution is 2.29. The molecule has 6 nitrogen and oxygen atoms in total. The number of rotatable bonds is 7. The van der Waals surface area contributed by atoms with Crippen molar-refractivity contribution >= 4 is 21.4 Å². The lowest BCUT2D eigenvalue weighted by molar-refractivity contribution is 0.217. The van der Waals surface area contributed by atoms with Gasteiger partial charge >= 0.3 is 0 Å². The highest BCUT2D eigenvalue weighted by Gasteiger charge is 2.15. The molecule has 0 radical (unpaired) electrons. The molecule has 27 heavy (non-hydrogen) atoms. The molecule has 3 rings (SSSR count). The summed E-state index contributed by atoms with van der Waals surface area (Å²) in [5.74, 6) is 0.533. The molecule has 0 aliphatic rings. The van der Waals surface area contributed by atoms with Gasteiger partial charge in [-0.1, -0.05) is 23.7 Å². The number of halogens is 1. The molecule has 1 heterocycles. The van der Waals surface area contributed by atoms with Gasteiger partial charge in [0, 0.05) is 12.7 Å². The predicted octanol–water partition coefficient (Wildman–Crippen LogP) is 3.62. The molecule has 3 aromatic rings. The third kappa shape index (κ3) is 4.16. The number of methoxy groups -OCH3 is 2. The number of aromatic nitrogens is 2. The summed E-state index contributed by atoms with van der Waals surface area (Å²) in [5, 5.41) is 4.84. The van der Waals surface area contributed by atoms with Crippen LogP contribution in [-0.2, 0) is 14.6 Å². The van der Waals surface area contributed by atoms with Crippen molar-refractivity contribution in [3.8, 4) is 22.7 Å². The SMILES string of the molecule is COCCS(=O)(=O)c1ccc(-c2ccnn2-c2ccc(OC)c(Cl)c2)cc1. The van der Waals surface area contributed by atoms with Gasteiger partial charge in [-0.05, 0) is 36.4 Å². The number of hydrogen-bond acceptors (Lipinski definition) is 5. The van der Waals surface area contributed by atoms with Gasteiger partial charge in [-0.15, -0.1) is 0 Å². The molecule has 0 saturated heterocycles. The summed E-state index contributed by atoms with van der Waals surface area (Å²) in [4.78, 5) is 0.266. The van der Waals surface area contributed by atoms with Crippen molar-refractivity contribution in [3.05, 3.63) is 59.8 Å². The maximum atomic E-state index is 12.3. The van der Waals surface area contributed by atoms with Crippen LogP contribution in [-0.4, -0.2) is 44.8 Å². The standard InChI is InChI=1S/C19H19ClN2O4S/c1-25-11-12-27(23,24)16-6-3-14(4-7-16)18-9-10-21-22(18)15-5-8-19(26-2)17(20)13-15/h3-10,13H,11-12H2,1-2H3. The van der Waals surface area contributed by atoms with Crippen molar-refractivity contribution < 1.29 is 17.9 Å². The Kier molecular flexibility index (Phi) is 5.84. The van der Waals surface area contributed by atoms with Crippen LogP contribution in [0, 0.1) is 0 Å².